The van der Waals surface area contributed by atoms with Crippen LogP contribution in [0.4, 0.5) is 0 Å². The summed E-state index contributed by atoms with van der Waals surface area (Å²) in [7, 11) is 0. The Morgan fingerprint density at radius 3 is 1.29 bits per heavy atom. The van der Waals surface area contributed by atoms with E-state index in [0.29, 0.717) is 0 Å². The lowest BCUT2D eigenvalue weighted by Gasteiger charge is -2.24. The maximum atomic E-state index is 12.2. The largest absolute Gasteiger partial charge is 0.458 e. The molecule has 1 heterocycles. The SMILES string of the molecule is C[C@@H]1C(C(=O)OC(C)(C)C)OC(C(=O)OC(C)(C)C)[C@@H]1C. The molecule has 1 rings (SSSR count). The first-order valence-corrected chi connectivity index (χ1v) is 7.43. The van der Waals surface area contributed by atoms with E-state index < -0.39 is 35.3 Å². The Bertz CT molecular complexity index is 364. The van der Waals surface area contributed by atoms with Crippen LogP contribution in [0.2, 0.25) is 0 Å². The summed E-state index contributed by atoms with van der Waals surface area (Å²) >= 11 is 0. The van der Waals surface area contributed by atoms with Crippen LogP contribution in [-0.2, 0) is 23.8 Å². The van der Waals surface area contributed by atoms with Gasteiger partial charge in [-0.1, -0.05) is 13.8 Å². The molecule has 1 fully saturated rings. The van der Waals surface area contributed by atoms with E-state index in [0.717, 1.165) is 0 Å². The van der Waals surface area contributed by atoms with E-state index in [1.165, 1.54) is 0 Å². The molecule has 0 aliphatic carbocycles. The van der Waals surface area contributed by atoms with Gasteiger partial charge < -0.3 is 14.2 Å². The average molecular weight is 300 g/mol. The zero-order valence-electron chi connectivity index (χ0n) is 14.4. The van der Waals surface area contributed by atoms with Crippen molar-refractivity contribution < 1.29 is 23.8 Å². The van der Waals surface area contributed by atoms with Crippen LogP contribution in [0, 0.1) is 11.8 Å². The Morgan fingerprint density at radius 1 is 0.762 bits per heavy atom. The molecule has 0 saturated carbocycles. The van der Waals surface area contributed by atoms with Gasteiger partial charge in [0.15, 0.2) is 12.2 Å². The minimum absolute atomic E-state index is 0.0997. The van der Waals surface area contributed by atoms with Crippen molar-refractivity contribution in [2.75, 3.05) is 0 Å². The van der Waals surface area contributed by atoms with Crippen molar-refractivity contribution >= 4 is 11.9 Å². The predicted molar refractivity (Wildman–Crippen MR) is 78.7 cm³/mol. The highest BCUT2D eigenvalue weighted by atomic mass is 16.6. The Balaban J connectivity index is 2.77. The van der Waals surface area contributed by atoms with Gasteiger partial charge in [0.25, 0.3) is 0 Å². The summed E-state index contributed by atoms with van der Waals surface area (Å²) in [5.41, 5.74) is -1.15. The van der Waals surface area contributed by atoms with E-state index in [-0.39, 0.29) is 11.8 Å². The molecule has 1 saturated heterocycles. The fraction of sp³-hybridized carbons (Fsp3) is 0.875. The topological polar surface area (TPSA) is 61.8 Å². The van der Waals surface area contributed by atoms with Crippen molar-refractivity contribution in [2.45, 2.75) is 78.8 Å². The molecule has 0 radical (unpaired) electrons. The fourth-order valence-electron chi connectivity index (χ4n) is 2.22. The second-order valence-electron chi connectivity index (χ2n) is 7.76. The molecular formula is C16H28O5. The Labute approximate surface area is 127 Å². The van der Waals surface area contributed by atoms with Crippen LogP contribution in [0.25, 0.3) is 0 Å². The second-order valence-corrected chi connectivity index (χ2v) is 7.76. The summed E-state index contributed by atoms with van der Waals surface area (Å²) < 4.78 is 16.4. The van der Waals surface area contributed by atoms with Crippen LogP contribution < -0.4 is 0 Å². The van der Waals surface area contributed by atoms with Crippen LogP contribution >= 0.6 is 0 Å². The minimum Gasteiger partial charge on any atom is -0.458 e. The highest BCUT2D eigenvalue weighted by molar-refractivity contribution is 5.80. The van der Waals surface area contributed by atoms with Crippen LogP contribution in [0.3, 0.4) is 0 Å². The van der Waals surface area contributed by atoms with Gasteiger partial charge in [0.1, 0.15) is 11.2 Å². The third-order valence-electron chi connectivity index (χ3n) is 3.36. The van der Waals surface area contributed by atoms with Gasteiger partial charge in [-0.2, -0.15) is 0 Å². The molecule has 2 unspecified atom stereocenters. The van der Waals surface area contributed by atoms with E-state index in [1.54, 1.807) is 41.5 Å². The Hall–Kier alpha value is -1.10. The maximum absolute atomic E-state index is 12.2. The van der Waals surface area contributed by atoms with Crippen molar-refractivity contribution in [2.24, 2.45) is 11.8 Å². The van der Waals surface area contributed by atoms with E-state index >= 15 is 0 Å². The molecule has 0 N–H and O–H groups in total. The number of hydrogen-bond acceptors (Lipinski definition) is 5. The summed E-state index contributed by atoms with van der Waals surface area (Å²) in [4.78, 5) is 24.3. The van der Waals surface area contributed by atoms with Gasteiger partial charge in [-0.05, 0) is 53.4 Å². The first kappa shape index (κ1) is 18.0. The predicted octanol–water partition coefficient (Wildman–Crippen LogP) is 2.71. The first-order valence-electron chi connectivity index (χ1n) is 7.43. The Kier molecular flexibility index (Phi) is 5.09. The summed E-state index contributed by atoms with van der Waals surface area (Å²) in [5.74, 6) is -1.05. The third-order valence-corrected chi connectivity index (χ3v) is 3.36. The first-order chi connectivity index (χ1) is 9.32. The maximum Gasteiger partial charge on any atom is 0.336 e. The van der Waals surface area contributed by atoms with Crippen LogP contribution in [0.15, 0.2) is 0 Å². The molecule has 0 bridgehead atoms. The van der Waals surface area contributed by atoms with Gasteiger partial charge >= 0.3 is 11.9 Å². The minimum atomic E-state index is -0.725. The van der Waals surface area contributed by atoms with Gasteiger partial charge in [-0.3, -0.25) is 0 Å². The van der Waals surface area contributed by atoms with Gasteiger partial charge in [0, 0.05) is 0 Å². The molecule has 0 amide bonds. The van der Waals surface area contributed by atoms with Crippen molar-refractivity contribution in [1.29, 1.82) is 0 Å². The summed E-state index contributed by atoms with van der Waals surface area (Å²) in [5, 5.41) is 0. The molecule has 5 nitrogen and oxygen atoms in total. The molecule has 0 spiro atoms. The fourth-order valence-corrected chi connectivity index (χ4v) is 2.22. The second kappa shape index (κ2) is 5.95. The average Bonchev–Trinajstić information content (AvgIpc) is 2.51. The number of carbonyl (C=O) groups excluding carboxylic acids is 2. The molecule has 0 aromatic rings. The van der Waals surface area contributed by atoms with Crippen LogP contribution in [-0.4, -0.2) is 35.3 Å². The number of carbonyl (C=O) groups is 2. The molecule has 1 aliphatic heterocycles. The Morgan fingerprint density at radius 2 is 1.05 bits per heavy atom. The van der Waals surface area contributed by atoms with Crippen molar-refractivity contribution in [3.8, 4) is 0 Å². The summed E-state index contributed by atoms with van der Waals surface area (Å²) in [6.07, 6.45) is -1.45. The summed E-state index contributed by atoms with van der Waals surface area (Å²) in [6, 6.07) is 0. The lowest BCUT2D eigenvalue weighted by atomic mass is 9.90. The monoisotopic (exact) mass is 300 g/mol. The molecule has 0 aromatic carbocycles. The normalized spacial score (nSPS) is 30.1. The van der Waals surface area contributed by atoms with Crippen molar-refractivity contribution in [3.63, 3.8) is 0 Å². The van der Waals surface area contributed by atoms with Crippen LogP contribution in [0.5, 0.6) is 0 Å². The number of rotatable bonds is 2. The smallest absolute Gasteiger partial charge is 0.336 e. The molecule has 21 heavy (non-hydrogen) atoms. The van der Waals surface area contributed by atoms with E-state index in [2.05, 4.69) is 0 Å². The van der Waals surface area contributed by atoms with E-state index in [1.807, 2.05) is 13.8 Å². The third kappa shape index (κ3) is 4.99. The van der Waals surface area contributed by atoms with Crippen molar-refractivity contribution in [3.05, 3.63) is 0 Å². The number of ether oxygens (including phenoxy) is 3. The standard InChI is InChI=1S/C16H28O5/c1-9-10(2)12(14(18)21-16(6,7)8)19-11(9)13(17)20-15(3,4)5/h9-12H,1-8H3/t9-,10+,11?,12?. The molecule has 0 aromatic heterocycles. The number of hydrogen-bond donors (Lipinski definition) is 0. The zero-order valence-corrected chi connectivity index (χ0v) is 14.4. The van der Waals surface area contributed by atoms with Gasteiger partial charge in [-0.25, -0.2) is 9.59 Å². The summed E-state index contributed by atoms with van der Waals surface area (Å²) in [6.45, 7) is 14.6. The molecule has 4 atom stereocenters. The van der Waals surface area contributed by atoms with Gasteiger partial charge in [0.05, 0.1) is 0 Å². The highest BCUT2D eigenvalue weighted by Crippen LogP contribution is 2.34. The lowest BCUT2D eigenvalue weighted by molar-refractivity contribution is -0.178. The molecular weight excluding hydrogens is 272 g/mol. The van der Waals surface area contributed by atoms with E-state index in [9.17, 15) is 9.59 Å². The quantitative estimate of drug-likeness (QED) is 0.734. The van der Waals surface area contributed by atoms with E-state index in [4.69, 9.17) is 14.2 Å². The highest BCUT2D eigenvalue weighted by Gasteiger charge is 2.48. The zero-order chi connectivity index (χ0) is 16.6. The molecule has 5 heteroatoms. The number of esters is 2. The lowest BCUT2D eigenvalue weighted by Crippen LogP contribution is -2.36. The van der Waals surface area contributed by atoms with Crippen LogP contribution in [0.1, 0.15) is 55.4 Å². The molecule has 1 aliphatic rings. The van der Waals surface area contributed by atoms with Crippen molar-refractivity contribution in [1.82, 2.24) is 0 Å². The van der Waals surface area contributed by atoms with Gasteiger partial charge in [0.2, 0.25) is 0 Å². The molecule has 122 valence electrons. The van der Waals surface area contributed by atoms with Gasteiger partial charge in [-0.15, -0.1) is 0 Å².